The van der Waals surface area contributed by atoms with E-state index in [1.165, 1.54) is 11.3 Å². The molecule has 2 N–H and O–H groups in total. The topological polar surface area (TPSA) is 85.3 Å². The third kappa shape index (κ3) is 2.38. The molecular formula is C15H11N3O4S2. The van der Waals surface area contributed by atoms with Gasteiger partial charge in [-0.05, 0) is 43.4 Å². The second-order valence-corrected chi connectivity index (χ2v) is 6.82. The van der Waals surface area contributed by atoms with Crippen molar-refractivity contribution >= 4 is 39.7 Å². The molecule has 0 bridgehead atoms. The van der Waals surface area contributed by atoms with E-state index in [0.717, 1.165) is 9.55 Å². The van der Waals surface area contributed by atoms with Crippen LogP contribution in [0.1, 0.15) is 15.2 Å². The van der Waals surface area contributed by atoms with Gasteiger partial charge in [0, 0.05) is 10.4 Å². The number of aromatic nitrogens is 2. The summed E-state index contributed by atoms with van der Waals surface area (Å²) >= 11 is 6.62. The minimum absolute atomic E-state index is 0.124. The molecule has 0 atom stereocenters. The van der Waals surface area contributed by atoms with Crippen molar-refractivity contribution in [1.82, 2.24) is 9.66 Å². The zero-order valence-corrected chi connectivity index (χ0v) is 14.0. The van der Waals surface area contributed by atoms with Crippen LogP contribution in [0.4, 0.5) is 0 Å². The van der Waals surface area contributed by atoms with Gasteiger partial charge in [0.2, 0.25) is 11.6 Å². The van der Waals surface area contributed by atoms with Gasteiger partial charge in [0.05, 0.1) is 5.39 Å². The third-order valence-corrected chi connectivity index (χ3v) is 4.81. The van der Waals surface area contributed by atoms with E-state index in [4.69, 9.17) is 21.7 Å². The van der Waals surface area contributed by atoms with Crippen molar-refractivity contribution < 1.29 is 14.3 Å². The first-order chi connectivity index (χ1) is 11.5. The minimum Gasteiger partial charge on any atom is -0.454 e. The van der Waals surface area contributed by atoms with Gasteiger partial charge >= 0.3 is 0 Å². The van der Waals surface area contributed by atoms with Crippen molar-refractivity contribution in [2.24, 2.45) is 0 Å². The first kappa shape index (κ1) is 14.9. The summed E-state index contributed by atoms with van der Waals surface area (Å²) in [6.45, 7) is 2.02. The molecule has 0 fully saturated rings. The maximum absolute atomic E-state index is 12.5. The summed E-state index contributed by atoms with van der Waals surface area (Å²) in [4.78, 5) is 29.6. The number of nitrogens with one attached hydrogen (secondary N) is 2. The lowest BCUT2D eigenvalue weighted by molar-refractivity contribution is 0.101. The highest BCUT2D eigenvalue weighted by atomic mass is 32.1. The van der Waals surface area contributed by atoms with Gasteiger partial charge in [-0.25, -0.2) is 0 Å². The van der Waals surface area contributed by atoms with Crippen LogP contribution in [0.15, 0.2) is 29.1 Å². The molecule has 9 heteroatoms. The van der Waals surface area contributed by atoms with Gasteiger partial charge in [0.1, 0.15) is 4.83 Å². The Labute approximate surface area is 144 Å². The fourth-order valence-corrected chi connectivity index (χ4v) is 3.63. The van der Waals surface area contributed by atoms with Crippen LogP contribution in [-0.4, -0.2) is 22.4 Å². The average molecular weight is 361 g/mol. The summed E-state index contributed by atoms with van der Waals surface area (Å²) in [7, 11) is 0. The number of benzene rings is 1. The van der Waals surface area contributed by atoms with Gasteiger partial charge in [-0.2, -0.15) is 4.68 Å². The van der Waals surface area contributed by atoms with Crippen LogP contribution >= 0.6 is 23.6 Å². The highest BCUT2D eigenvalue weighted by Crippen LogP contribution is 2.32. The van der Waals surface area contributed by atoms with E-state index in [0.29, 0.717) is 27.3 Å². The summed E-state index contributed by atoms with van der Waals surface area (Å²) in [6, 6.07) is 6.56. The van der Waals surface area contributed by atoms with E-state index < -0.39 is 5.91 Å². The number of H-pyrrole nitrogens is 1. The number of aromatic amines is 1. The number of thiophene rings is 1. The monoisotopic (exact) mass is 361 g/mol. The Morgan fingerprint density at radius 2 is 2.12 bits per heavy atom. The fourth-order valence-electron chi connectivity index (χ4n) is 2.44. The molecule has 0 spiro atoms. The van der Waals surface area contributed by atoms with Crippen molar-refractivity contribution in [2.75, 3.05) is 12.2 Å². The highest BCUT2D eigenvalue weighted by Gasteiger charge is 2.17. The quantitative estimate of drug-likeness (QED) is 0.685. The van der Waals surface area contributed by atoms with Gasteiger partial charge in [0.15, 0.2) is 11.5 Å². The number of nitrogens with zero attached hydrogens (tertiary/aromatic N) is 1. The lowest BCUT2D eigenvalue weighted by atomic mass is 10.2. The van der Waals surface area contributed by atoms with Gasteiger partial charge < -0.3 is 14.5 Å². The molecule has 1 aliphatic rings. The van der Waals surface area contributed by atoms with E-state index in [2.05, 4.69) is 10.4 Å². The number of aryl methyl sites for hydroxylation is 1. The van der Waals surface area contributed by atoms with Gasteiger partial charge in [-0.15, -0.1) is 11.3 Å². The standard InChI is InChI=1S/C15H11N3O4S2/c1-7-4-9-13(24-7)16-15(23)18(14(9)20)17-12(19)8-2-3-10-11(5-8)22-6-21-10/h2-5H,6H2,1H3,(H,16,23)(H,17,19). The molecule has 7 nitrogen and oxygen atoms in total. The number of carbonyl (C=O) groups excluding carboxylic acids is 1. The number of hydrogen-bond acceptors (Lipinski definition) is 6. The van der Waals surface area contributed by atoms with Crippen molar-refractivity contribution in [3.63, 3.8) is 0 Å². The van der Waals surface area contributed by atoms with E-state index in [-0.39, 0.29) is 17.1 Å². The minimum atomic E-state index is -0.471. The van der Waals surface area contributed by atoms with Crippen LogP contribution in [0.5, 0.6) is 11.5 Å². The number of fused-ring (bicyclic) bond motifs is 2. The van der Waals surface area contributed by atoms with Crippen LogP contribution in [0.25, 0.3) is 10.2 Å². The lowest BCUT2D eigenvalue weighted by Gasteiger charge is -2.09. The Bertz CT molecular complexity index is 1100. The molecule has 0 aliphatic carbocycles. The molecular weight excluding hydrogens is 350 g/mol. The van der Waals surface area contributed by atoms with Gasteiger partial charge in [0.25, 0.3) is 11.5 Å². The third-order valence-electron chi connectivity index (χ3n) is 3.56. The molecule has 0 saturated heterocycles. The summed E-state index contributed by atoms with van der Waals surface area (Å²) in [6.07, 6.45) is 0. The van der Waals surface area contributed by atoms with Crippen LogP contribution in [0.3, 0.4) is 0 Å². The number of amides is 1. The Hall–Kier alpha value is -2.65. The predicted molar refractivity (Wildman–Crippen MR) is 92.3 cm³/mol. The van der Waals surface area contributed by atoms with E-state index in [9.17, 15) is 9.59 Å². The second-order valence-electron chi connectivity index (χ2n) is 5.18. The highest BCUT2D eigenvalue weighted by molar-refractivity contribution is 7.71. The maximum Gasteiger partial charge on any atom is 0.282 e. The van der Waals surface area contributed by atoms with Crippen molar-refractivity contribution in [3.05, 3.63) is 49.8 Å². The summed E-state index contributed by atoms with van der Waals surface area (Å²) in [5, 5.41) is 0.483. The van der Waals surface area contributed by atoms with Crippen LogP contribution in [0, 0.1) is 11.7 Å². The van der Waals surface area contributed by atoms with Crippen molar-refractivity contribution in [1.29, 1.82) is 0 Å². The molecule has 3 aromatic rings. The molecule has 2 aromatic heterocycles. The van der Waals surface area contributed by atoms with Crippen molar-refractivity contribution in [2.45, 2.75) is 6.92 Å². The molecule has 0 radical (unpaired) electrons. The Morgan fingerprint density at radius 3 is 2.96 bits per heavy atom. The van der Waals surface area contributed by atoms with E-state index in [1.807, 2.05) is 6.92 Å². The largest absolute Gasteiger partial charge is 0.454 e. The zero-order valence-electron chi connectivity index (χ0n) is 12.4. The summed E-state index contributed by atoms with van der Waals surface area (Å²) in [5.74, 6) is 0.599. The number of rotatable bonds is 2. The van der Waals surface area contributed by atoms with Gasteiger partial charge in [-0.3, -0.25) is 15.0 Å². The SMILES string of the molecule is Cc1cc2c(=O)n(NC(=O)c3ccc4c(c3)OCO4)c(=S)[nH]c2s1. The predicted octanol–water partition coefficient (Wildman–Crippen LogP) is 2.54. The first-order valence-electron chi connectivity index (χ1n) is 6.99. The first-order valence-corrected chi connectivity index (χ1v) is 8.22. The number of ether oxygens (including phenoxy) is 2. The molecule has 24 heavy (non-hydrogen) atoms. The normalized spacial score (nSPS) is 12.5. The molecule has 0 unspecified atom stereocenters. The maximum atomic E-state index is 12.5. The molecule has 4 rings (SSSR count). The second kappa shape index (κ2) is 5.46. The van der Waals surface area contributed by atoms with E-state index in [1.54, 1.807) is 24.3 Å². The summed E-state index contributed by atoms with van der Waals surface area (Å²) in [5.41, 5.74) is 2.49. The van der Waals surface area contributed by atoms with Crippen molar-refractivity contribution in [3.8, 4) is 11.5 Å². The molecule has 3 heterocycles. The Balaban J connectivity index is 1.72. The van der Waals surface area contributed by atoms with Crippen LogP contribution in [-0.2, 0) is 0 Å². The van der Waals surface area contributed by atoms with Gasteiger partial charge in [-0.1, -0.05) is 0 Å². The Kier molecular flexibility index (Phi) is 3.39. The zero-order chi connectivity index (χ0) is 16.8. The average Bonchev–Trinajstić information content (AvgIpc) is 3.16. The smallest absolute Gasteiger partial charge is 0.282 e. The lowest BCUT2D eigenvalue weighted by Crippen LogP contribution is -2.34. The number of carbonyl (C=O) groups is 1. The fraction of sp³-hybridized carbons (Fsp3) is 0.133. The van der Waals surface area contributed by atoms with Crippen LogP contribution < -0.4 is 20.5 Å². The molecule has 1 aromatic carbocycles. The Morgan fingerprint density at radius 1 is 1.33 bits per heavy atom. The molecule has 122 valence electrons. The van der Waals surface area contributed by atoms with E-state index >= 15 is 0 Å². The summed E-state index contributed by atoms with van der Waals surface area (Å²) < 4.78 is 11.6. The number of hydrogen-bond donors (Lipinski definition) is 2. The molecule has 0 saturated carbocycles. The van der Waals surface area contributed by atoms with Crippen LogP contribution in [0.2, 0.25) is 0 Å². The molecule has 1 amide bonds. The molecule has 1 aliphatic heterocycles.